The number of likely N-dealkylation sites (tertiary alicyclic amines) is 1. The fourth-order valence-electron chi connectivity index (χ4n) is 1.82. The van der Waals surface area contributed by atoms with Gasteiger partial charge in [0.05, 0.1) is 0 Å². The SMILES string of the molecule is NSC1CCN(C(=O)OCc2ccccc2)C1. The fraction of sp³-hybridized carbons (Fsp3) is 0.417. The van der Waals surface area contributed by atoms with Crippen LogP contribution in [0.1, 0.15) is 12.0 Å². The van der Waals surface area contributed by atoms with Gasteiger partial charge in [0, 0.05) is 18.3 Å². The molecular weight excluding hydrogens is 236 g/mol. The molecule has 0 saturated carbocycles. The Bertz CT molecular complexity index is 372. The van der Waals surface area contributed by atoms with Gasteiger partial charge in [0.25, 0.3) is 0 Å². The summed E-state index contributed by atoms with van der Waals surface area (Å²) >= 11 is 1.32. The lowest BCUT2D eigenvalue weighted by Gasteiger charge is -2.15. The van der Waals surface area contributed by atoms with Gasteiger partial charge >= 0.3 is 6.09 Å². The zero-order chi connectivity index (χ0) is 12.1. The number of nitrogens with two attached hydrogens (primary N) is 1. The van der Waals surface area contributed by atoms with Gasteiger partial charge in [0.2, 0.25) is 0 Å². The molecular formula is C12H16N2O2S. The van der Waals surface area contributed by atoms with E-state index in [0.717, 1.165) is 18.5 Å². The third-order valence-electron chi connectivity index (χ3n) is 2.80. The van der Waals surface area contributed by atoms with Gasteiger partial charge in [-0.25, -0.2) is 4.79 Å². The first-order chi connectivity index (χ1) is 8.29. The van der Waals surface area contributed by atoms with E-state index in [1.54, 1.807) is 4.90 Å². The lowest BCUT2D eigenvalue weighted by atomic mass is 10.2. The molecule has 0 radical (unpaired) electrons. The van der Waals surface area contributed by atoms with E-state index in [9.17, 15) is 4.79 Å². The summed E-state index contributed by atoms with van der Waals surface area (Å²) in [5.74, 6) is 0. The van der Waals surface area contributed by atoms with Gasteiger partial charge in [-0.05, 0) is 12.0 Å². The Balaban J connectivity index is 1.78. The molecule has 2 N–H and O–H groups in total. The highest BCUT2D eigenvalue weighted by atomic mass is 32.2. The molecule has 1 unspecified atom stereocenters. The molecule has 0 aromatic heterocycles. The minimum Gasteiger partial charge on any atom is -0.445 e. The summed E-state index contributed by atoms with van der Waals surface area (Å²) in [6, 6.07) is 9.68. The number of hydrogen-bond donors (Lipinski definition) is 1. The topological polar surface area (TPSA) is 55.6 Å². The van der Waals surface area contributed by atoms with E-state index in [4.69, 9.17) is 9.88 Å². The van der Waals surface area contributed by atoms with Crippen LogP contribution in [0.4, 0.5) is 4.79 Å². The van der Waals surface area contributed by atoms with Crippen molar-refractivity contribution in [3.8, 4) is 0 Å². The Labute approximate surface area is 105 Å². The van der Waals surface area contributed by atoms with E-state index in [0.29, 0.717) is 18.4 Å². The molecule has 1 fully saturated rings. The maximum Gasteiger partial charge on any atom is 0.410 e. The van der Waals surface area contributed by atoms with Crippen LogP contribution in [0.5, 0.6) is 0 Å². The van der Waals surface area contributed by atoms with Crippen molar-refractivity contribution in [3.63, 3.8) is 0 Å². The maximum absolute atomic E-state index is 11.7. The molecule has 5 heteroatoms. The Kier molecular flexibility index (Phi) is 4.28. The first-order valence-electron chi connectivity index (χ1n) is 5.61. The quantitative estimate of drug-likeness (QED) is 0.836. The number of rotatable bonds is 3. The summed E-state index contributed by atoms with van der Waals surface area (Å²) in [7, 11) is 0. The number of nitrogens with zero attached hydrogens (tertiary/aromatic N) is 1. The van der Waals surface area contributed by atoms with Gasteiger partial charge in [-0.1, -0.05) is 42.3 Å². The van der Waals surface area contributed by atoms with Crippen LogP contribution in [0.2, 0.25) is 0 Å². The molecule has 0 bridgehead atoms. The van der Waals surface area contributed by atoms with Crippen LogP contribution < -0.4 is 5.14 Å². The van der Waals surface area contributed by atoms with Crippen molar-refractivity contribution in [2.24, 2.45) is 5.14 Å². The first kappa shape index (κ1) is 12.3. The van der Waals surface area contributed by atoms with Gasteiger partial charge in [0.15, 0.2) is 0 Å². The van der Waals surface area contributed by atoms with Crippen LogP contribution in [0.15, 0.2) is 30.3 Å². The molecule has 0 spiro atoms. The Morgan fingerprint density at radius 1 is 1.47 bits per heavy atom. The molecule has 92 valence electrons. The average Bonchev–Trinajstić information content (AvgIpc) is 2.86. The predicted molar refractivity (Wildman–Crippen MR) is 68.4 cm³/mol. The van der Waals surface area contributed by atoms with Gasteiger partial charge < -0.3 is 9.64 Å². The average molecular weight is 252 g/mol. The van der Waals surface area contributed by atoms with Crippen molar-refractivity contribution in [1.29, 1.82) is 0 Å². The molecule has 1 aromatic carbocycles. The fourth-order valence-corrected chi connectivity index (χ4v) is 2.32. The summed E-state index contributed by atoms with van der Waals surface area (Å²) in [5, 5.41) is 5.85. The summed E-state index contributed by atoms with van der Waals surface area (Å²) in [6.45, 7) is 1.76. The summed E-state index contributed by atoms with van der Waals surface area (Å²) < 4.78 is 5.24. The highest BCUT2D eigenvalue weighted by molar-refractivity contribution is 7.97. The van der Waals surface area contributed by atoms with Crippen molar-refractivity contribution >= 4 is 18.0 Å². The Morgan fingerprint density at radius 3 is 2.88 bits per heavy atom. The van der Waals surface area contributed by atoms with Crippen molar-refractivity contribution in [1.82, 2.24) is 4.90 Å². The second-order valence-electron chi connectivity index (χ2n) is 4.03. The standard InChI is InChI=1S/C12H16N2O2S/c13-17-11-6-7-14(8-11)12(15)16-9-10-4-2-1-3-5-10/h1-5,11H,6-9,13H2. The number of carbonyl (C=O) groups excluding carboxylic acids is 1. The molecule has 2 rings (SSSR count). The van der Waals surface area contributed by atoms with E-state index in [1.807, 2.05) is 30.3 Å². The van der Waals surface area contributed by atoms with E-state index in [1.165, 1.54) is 11.9 Å². The van der Waals surface area contributed by atoms with Crippen LogP contribution in [0.3, 0.4) is 0 Å². The normalized spacial score (nSPS) is 19.4. The van der Waals surface area contributed by atoms with E-state index >= 15 is 0 Å². The van der Waals surface area contributed by atoms with Crippen LogP contribution in [0.25, 0.3) is 0 Å². The molecule has 1 aliphatic rings. The Hall–Kier alpha value is -1.20. The van der Waals surface area contributed by atoms with Crippen LogP contribution in [-0.4, -0.2) is 29.3 Å². The molecule has 4 nitrogen and oxygen atoms in total. The first-order valence-corrected chi connectivity index (χ1v) is 6.55. The summed E-state index contributed by atoms with van der Waals surface area (Å²) in [4.78, 5) is 13.4. The lowest BCUT2D eigenvalue weighted by molar-refractivity contribution is 0.104. The van der Waals surface area contributed by atoms with Crippen molar-refractivity contribution in [3.05, 3.63) is 35.9 Å². The molecule has 0 aliphatic carbocycles. The molecule has 1 atom stereocenters. The molecule has 1 saturated heterocycles. The van der Waals surface area contributed by atoms with E-state index in [-0.39, 0.29) is 6.09 Å². The van der Waals surface area contributed by atoms with Crippen molar-refractivity contribution in [2.45, 2.75) is 18.3 Å². The molecule has 17 heavy (non-hydrogen) atoms. The van der Waals surface area contributed by atoms with Crippen LogP contribution in [-0.2, 0) is 11.3 Å². The van der Waals surface area contributed by atoms with Gasteiger partial charge in [-0.2, -0.15) is 0 Å². The number of ether oxygens (including phenoxy) is 1. The lowest BCUT2D eigenvalue weighted by Crippen LogP contribution is -2.29. The van der Waals surface area contributed by atoms with Crippen molar-refractivity contribution in [2.75, 3.05) is 13.1 Å². The number of hydrogen-bond acceptors (Lipinski definition) is 4. The largest absolute Gasteiger partial charge is 0.445 e. The molecule has 1 amide bonds. The Morgan fingerprint density at radius 2 is 2.24 bits per heavy atom. The summed E-state index contributed by atoms with van der Waals surface area (Å²) in [6.07, 6.45) is 0.701. The molecule has 1 heterocycles. The summed E-state index contributed by atoms with van der Waals surface area (Å²) in [5.41, 5.74) is 1.00. The predicted octanol–water partition coefficient (Wildman–Crippen LogP) is 2.00. The van der Waals surface area contributed by atoms with E-state index in [2.05, 4.69) is 0 Å². The number of amides is 1. The van der Waals surface area contributed by atoms with Crippen molar-refractivity contribution < 1.29 is 9.53 Å². The molecule has 1 aromatic rings. The zero-order valence-corrected chi connectivity index (χ0v) is 10.4. The smallest absolute Gasteiger partial charge is 0.410 e. The third kappa shape index (κ3) is 3.38. The van der Waals surface area contributed by atoms with E-state index < -0.39 is 0 Å². The van der Waals surface area contributed by atoms with Gasteiger partial charge in [-0.3, -0.25) is 5.14 Å². The van der Waals surface area contributed by atoms with Crippen LogP contribution in [0, 0.1) is 0 Å². The van der Waals surface area contributed by atoms with Crippen LogP contribution >= 0.6 is 11.9 Å². The second kappa shape index (κ2) is 5.93. The zero-order valence-electron chi connectivity index (χ0n) is 9.54. The second-order valence-corrected chi connectivity index (χ2v) is 4.97. The van der Waals surface area contributed by atoms with Gasteiger partial charge in [0.1, 0.15) is 6.61 Å². The van der Waals surface area contributed by atoms with Gasteiger partial charge in [-0.15, -0.1) is 0 Å². The number of carbonyl (C=O) groups is 1. The number of benzene rings is 1. The molecule has 1 aliphatic heterocycles. The minimum atomic E-state index is -0.245. The maximum atomic E-state index is 11.7. The third-order valence-corrected chi connectivity index (χ3v) is 3.57. The monoisotopic (exact) mass is 252 g/mol. The highest BCUT2D eigenvalue weighted by Crippen LogP contribution is 2.19. The highest BCUT2D eigenvalue weighted by Gasteiger charge is 2.26. The minimum absolute atomic E-state index is 0.245.